The van der Waals surface area contributed by atoms with Gasteiger partial charge >= 0.3 is 0 Å². The van der Waals surface area contributed by atoms with E-state index in [1.807, 2.05) is 90.7 Å². The highest BCUT2D eigenvalue weighted by Gasteiger charge is 2.72. The van der Waals surface area contributed by atoms with Crippen LogP contribution in [0.15, 0.2) is 115 Å². The lowest BCUT2D eigenvalue weighted by Crippen LogP contribution is -2.48. The fourth-order valence-electron chi connectivity index (χ4n) is 7.72. The molecule has 0 saturated carbocycles. The minimum Gasteiger partial charge on any atom is -0.494 e. The van der Waals surface area contributed by atoms with E-state index in [2.05, 4.69) is 0 Å². The topological polar surface area (TPSA) is 76.6 Å². The van der Waals surface area contributed by atoms with Gasteiger partial charge in [-0.25, -0.2) is 0 Å². The summed E-state index contributed by atoms with van der Waals surface area (Å²) in [5, 5.41) is 0.908. The van der Waals surface area contributed by atoms with Crippen molar-refractivity contribution in [2.75, 3.05) is 11.5 Å². The molecule has 3 aliphatic rings. The van der Waals surface area contributed by atoms with Gasteiger partial charge in [-0.3, -0.25) is 19.4 Å². The molecule has 4 aromatic carbocycles. The van der Waals surface area contributed by atoms with Crippen LogP contribution in [0, 0.1) is 5.41 Å². The molecule has 1 aromatic heterocycles. The van der Waals surface area contributed by atoms with E-state index in [4.69, 9.17) is 9.72 Å². The van der Waals surface area contributed by atoms with Crippen molar-refractivity contribution < 1.29 is 19.1 Å². The number of pyridine rings is 1. The van der Waals surface area contributed by atoms with Gasteiger partial charge < -0.3 is 9.64 Å². The van der Waals surface area contributed by atoms with Gasteiger partial charge in [0.05, 0.1) is 23.9 Å². The predicted molar refractivity (Wildman–Crippen MR) is 169 cm³/mol. The fourth-order valence-corrected chi connectivity index (χ4v) is 7.72. The first-order valence-electron chi connectivity index (χ1n) is 14.9. The van der Waals surface area contributed by atoms with Crippen LogP contribution in [0.3, 0.4) is 0 Å². The number of Topliss-reactive ketones (excluding diaryl/α,β-unsaturated/α-hetero) is 3. The predicted octanol–water partition coefficient (Wildman–Crippen LogP) is 6.95. The van der Waals surface area contributed by atoms with E-state index in [1.165, 1.54) is 0 Å². The van der Waals surface area contributed by atoms with Gasteiger partial charge in [0.15, 0.2) is 17.3 Å². The van der Waals surface area contributed by atoms with Crippen molar-refractivity contribution in [1.82, 2.24) is 4.98 Å². The standard InChI is InChI=1S/C38H28N2O4/c1-2-44-29-17-9-8-16-28(29)31-34(35(41)25-11-4-3-5-12-25)40-30(38(31)36(42)26-14-6-7-15-27(26)37(38)43)21-20-24-19-18-23-13-10-22-39-32(23)33(24)40/h3-22,30-31,34H,2H2,1H3/t30-,31-,34+/m0/s1. The molecule has 44 heavy (non-hydrogen) atoms. The molecule has 0 N–H and O–H groups in total. The van der Waals surface area contributed by atoms with Crippen LogP contribution in [0.4, 0.5) is 5.69 Å². The molecule has 214 valence electrons. The van der Waals surface area contributed by atoms with Gasteiger partial charge in [-0.15, -0.1) is 0 Å². The average molecular weight is 577 g/mol. The largest absolute Gasteiger partial charge is 0.494 e. The van der Waals surface area contributed by atoms with Crippen LogP contribution in [-0.4, -0.2) is 41.0 Å². The SMILES string of the molecule is CCOc1ccccc1[C@H]1[C@H](C(=O)c2ccccc2)N2c3c(ccc4cccnc34)C=C[C@H]2C12C(=O)c1ccccc1C2=O. The number of carbonyl (C=O) groups excluding carboxylic acids is 3. The van der Waals surface area contributed by atoms with Crippen LogP contribution in [0.5, 0.6) is 5.75 Å². The summed E-state index contributed by atoms with van der Waals surface area (Å²) in [6.07, 6.45) is 5.64. The Bertz CT molecular complexity index is 2000. The van der Waals surface area contributed by atoms with E-state index in [0.29, 0.717) is 34.6 Å². The van der Waals surface area contributed by atoms with E-state index >= 15 is 0 Å². The summed E-state index contributed by atoms with van der Waals surface area (Å²) in [6, 6.07) is 29.9. The number of fused-ring (bicyclic) bond motifs is 7. The molecule has 0 amide bonds. The summed E-state index contributed by atoms with van der Waals surface area (Å²) in [6.45, 7) is 2.29. The maximum absolute atomic E-state index is 15.0. The average Bonchev–Trinajstić information content (AvgIpc) is 3.50. The Morgan fingerprint density at radius 3 is 2.30 bits per heavy atom. The molecular weight excluding hydrogens is 548 g/mol. The summed E-state index contributed by atoms with van der Waals surface area (Å²) in [4.78, 5) is 51.7. The number of ether oxygens (including phenoxy) is 1. The molecule has 6 nitrogen and oxygen atoms in total. The number of rotatable bonds is 5. The van der Waals surface area contributed by atoms with Crippen LogP contribution in [0.2, 0.25) is 0 Å². The number of hydrogen-bond donors (Lipinski definition) is 0. The number of benzene rings is 4. The number of carbonyl (C=O) groups is 3. The Morgan fingerprint density at radius 1 is 0.841 bits per heavy atom. The Labute approximate surface area is 254 Å². The summed E-state index contributed by atoms with van der Waals surface area (Å²) in [7, 11) is 0. The molecular formula is C38H28N2O4. The third-order valence-electron chi connectivity index (χ3n) is 9.42. The maximum atomic E-state index is 15.0. The number of anilines is 1. The lowest BCUT2D eigenvalue weighted by molar-refractivity contribution is 0.0664. The minimum absolute atomic E-state index is 0.172. The maximum Gasteiger partial charge on any atom is 0.185 e. The van der Waals surface area contributed by atoms with E-state index in [9.17, 15) is 14.4 Å². The van der Waals surface area contributed by atoms with Crippen LogP contribution in [-0.2, 0) is 0 Å². The highest BCUT2D eigenvalue weighted by Crippen LogP contribution is 2.62. The second-order valence-electron chi connectivity index (χ2n) is 11.5. The van der Waals surface area contributed by atoms with Crippen molar-refractivity contribution in [2.24, 2.45) is 5.41 Å². The zero-order valence-corrected chi connectivity index (χ0v) is 24.0. The lowest BCUT2D eigenvalue weighted by Gasteiger charge is -2.37. The second-order valence-corrected chi connectivity index (χ2v) is 11.5. The van der Waals surface area contributed by atoms with Gasteiger partial charge in [0, 0.05) is 39.8 Å². The van der Waals surface area contributed by atoms with E-state index < -0.39 is 23.4 Å². The van der Waals surface area contributed by atoms with Crippen molar-refractivity contribution in [3.05, 3.63) is 143 Å². The Morgan fingerprint density at radius 2 is 1.55 bits per heavy atom. The summed E-state index contributed by atoms with van der Waals surface area (Å²) >= 11 is 0. The van der Waals surface area contributed by atoms with Gasteiger partial charge in [-0.05, 0) is 24.6 Å². The minimum atomic E-state index is -1.61. The van der Waals surface area contributed by atoms with Gasteiger partial charge in [-0.1, -0.05) is 103 Å². The molecule has 3 atom stereocenters. The molecule has 1 fully saturated rings. The van der Waals surface area contributed by atoms with Crippen molar-refractivity contribution in [3.63, 3.8) is 0 Å². The zero-order valence-electron chi connectivity index (χ0n) is 24.0. The van der Waals surface area contributed by atoms with Crippen molar-refractivity contribution in [2.45, 2.75) is 24.9 Å². The highest BCUT2D eigenvalue weighted by molar-refractivity contribution is 6.32. The number of para-hydroxylation sites is 1. The van der Waals surface area contributed by atoms with Gasteiger partial charge in [-0.2, -0.15) is 0 Å². The number of nitrogens with zero attached hydrogens (tertiary/aromatic N) is 2. The lowest BCUT2D eigenvalue weighted by atomic mass is 9.64. The normalized spacial score (nSPS) is 20.9. The van der Waals surface area contributed by atoms with Crippen molar-refractivity contribution >= 4 is 40.0 Å². The molecule has 0 radical (unpaired) electrons. The van der Waals surface area contributed by atoms with E-state index in [1.54, 1.807) is 42.6 Å². The summed E-state index contributed by atoms with van der Waals surface area (Å²) in [5.41, 5.74) is 2.67. The van der Waals surface area contributed by atoms with Gasteiger partial charge in [0.1, 0.15) is 17.2 Å². The molecule has 1 spiro atoms. The number of aromatic nitrogens is 1. The molecule has 5 aromatic rings. The van der Waals surface area contributed by atoms with Crippen molar-refractivity contribution in [1.29, 1.82) is 0 Å². The Hall–Kier alpha value is -5.36. The van der Waals surface area contributed by atoms with Gasteiger partial charge in [0.25, 0.3) is 0 Å². The molecule has 2 aliphatic heterocycles. The molecule has 3 heterocycles. The monoisotopic (exact) mass is 576 g/mol. The second kappa shape index (κ2) is 9.85. The molecule has 0 bridgehead atoms. The van der Waals surface area contributed by atoms with E-state index in [-0.39, 0.29) is 17.3 Å². The van der Waals surface area contributed by atoms with Gasteiger partial charge in [0.2, 0.25) is 0 Å². The van der Waals surface area contributed by atoms with Crippen LogP contribution in [0.25, 0.3) is 17.0 Å². The molecule has 6 heteroatoms. The van der Waals surface area contributed by atoms with Crippen molar-refractivity contribution in [3.8, 4) is 5.75 Å². The third kappa shape index (κ3) is 3.42. The molecule has 0 unspecified atom stereocenters. The van der Waals surface area contributed by atoms with E-state index in [0.717, 1.165) is 22.2 Å². The quantitative estimate of drug-likeness (QED) is 0.167. The van der Waals surface area contributed by atoms with Crippen LogP contribution >= 0.6 is 0 Å². The molecule has 1 saturated heterocycles. The van der Waals surface area contributed by atoms with Crippen LogP contribution in [0.1, 0.15) is 55.0 Å². The Kier molecular flexibility index (Phi) is 5.88. The van der Waals surface area contributed by atoms with Crippen LogP contribution < -0.4 is 9.64 Å². The number of ketones is 3. The summed E-state index contributed by atoms with van der Waals surface area (Å²) < 4.78 is 6.14. The first kappa shape index (κ1) is 26.3. The molecule has 8 rings (SSSR count). The first-order valence-corrected chi connectivity index (χ1v) is 14.9. The Balaban J connectivity index is 1.50. The first-order chi connectivity index (χ1) is 21.6. The zero-order chi connectivity index (χ0) is 30.0. The molecule has 1 aliphatic carbocycles. The summed E-state index contributed by atoms with van der Waals surface area (Å²) in [5.74, 6) is -1.01. The highest BCUT2D eigenvalue weighted by atomic mass is 16.5. The number of hydrogen-bond acceptors (Lipinski definition) is 6. The third-order valence-corrected chi connectivity index (χ3v) is 9.42. The fraction of sp³-hybridized carbons (Fsp3) is 0.158. The smallest absolute Gasteiger partial charge is 0.185 e.